The molecule has 0 unspecified atom stereocenters. The van der Waals surface area contributed by atoms with E-state index in [2.05, 4.69) is 5.16 Å². The van der Waals surface area contributed by atoms with Crippen molar-refractivity contribution in [3.63, 3.8) is 0 Å². The molecule has 0 saturated carbocycles. The quantitative estimate of drug-likeness (QED) is 0.556. The summed E-state index contributed by atoms with van der Waals surface area (Å²) in [6.45, 7) is 12.8. The van der Waals surface area contributed by atoms with Gasteiger partial charge in [0.25, 0.3) is 0 Å². The van der Waals surface area contributed by atoms with Gasteiger partial charge in [0.05, 0.1) is 12.1 Å². The SMILES string of the molecule is CC(C)(C)OC(=O)N1CCC(N(CCc2cc([C@@H]3CC[C@H]4CN3C(=O)N4O)no2)C(=O)OC(C)(C)C)CC1. The van der Waals surface area contributed by atoms with Crippen molar-refractivity contribution in [3.8, 4) is 0 Å². The molecule has 3 saturated heterocycles. The molecule has 4 amide bonds. The summed E-state index contributed by atoms with van der Waals surface area (Å²) in [5.74, 6) is 0.606. The van der Waals surface area contributed by atoms with E-state index in [1.54, 1.807) is 14.7 Å². The van der Waals surface area contributed by atoms with Gasteiger partial charge in [-0.15, -0.1) is 0 Å². The molecule has 4 heterocycles. The number of aromatic nitrogens is 1. The molecule has 3 aliphatic heterocycles. The number of hydrogen-bond acceptors (Lipinski definition) is 8. The van der Waals surface area contributed by atoms with Crippen LogP contribution in [-0.2, 0) is 15.9 Å². The molecular formula is C26H41N5O7. The number of piperidine rings is 2. The van der Waals surface area contributed by atoms with Gasteiger partial charge in [-0.05, 0) is 67.2 Å². The van der Waals surface area contributed by atoms with E-state index in [9.17, 15) is 19.6 Å². The lowest BCUT2D eigenvalue weighted by Gasteiger charge is -2.39. The van der Waals surface area contributed by atoms with Gasteiger partial charge in [0, 0.05) is 44.7 Å². The van der Waals surface area contributed by atoms with E-state index >= 15 is 0 Å². The Labute approximate surface area is 223 Å². The zero-order valence-corrected chi connectivity index (χ0v) is 23.3. The predicted molar refractivity (Wildman–Crippen MR) is 135 cm³/mol. The van der Waals surface area contributed by atoms with Crippen LogP contribution in [0.25, 0.3) is 0 Å². The number of hydroxylamine groups is 2. The fraction of sp³-hybridized carbons (Fsp3) is 0.769. The van der Waals surface area contributed by atoms with E-state index in [0.717, 1.165) is 5.06 Å². The van der Waals surface area contributed by atoms with Crippen LogP contribution in [0.2, 0.25) is 0 Å². The van der Waals surface area contributed by atoms with E-state index in [1.165, 1.54) is 0 Å². The Bertz CT molecular complexity index is 1020. The molecule has 0 spiro atoms. The molecule has 4 rings (SSSR count). The molecule has 3 aliphatic rings. The summed E-state index contributed by atoms with van der Waals surface area (Å²) in [6.07, 6.45) is 2.28. The van der Waals surface area contributed by atoms with Crippen molar-refractivity contribution < 1.29 is 33.6 Å². The Morgan fingerprint density at radius 2 is 1.74 bits per heavy atom. The molecule has 0 aromatic carbocycles. The van der Waals surface area contributed by atoms with Crippen LogP contribution < -0.4 is 0 Å². The van der Waals surface area contributed by atoms with E-state index in [1.807, 2.05) is 47.6 Å². The van der Waals surface area contributed by atoms with Crippen LogP contribution in [-0.4, -0.2) is 97.8 Å². The number of carbonyl (C=O) groups is 3. The summed E-state index contributed by atoms with van der Waals surface area (Å²) in [7, 11) is 0. The summed E-state index contributed by atoms with van der Waals surface area (Å²) >= 11 is 0. The summed E-state index contributed by atoms with van der Waals surface area (Å²) in [4.78, 5) is 43.0. The zero-order chi connectivity index (χ0) is 27.8. The maximum Gasteiger partial charge on any atom is 0.410 e. The molecular weight excluding hydrogens is 494 g/mol. The van der Waals surface area contributed by atoms with Crippen molar-refractivity contribution in [1.29, 1.82) is 0 Å². The van der Waals surface area contributed by atoms with Gasteiger partial charge < -0.3 is 28.7 Å². The maximum absolute atomic E-state index is 13.2. The minimum absolute atomic E-state index is 0.0982. The molecule has 212 valence electrons. The van der Waals surface area contributed by atoms with Crippen LogP contribution in [0.1, 0.15) is 84.7 Å². The van der Waals surface area contributed by atoms with Gasteiger partial charge in [0.15, 0.2) is 0 Å². The molecule has 38 heavy (non-hydrogen) atoms. The monoisotopic (exact) mass is 535 g/mol. The third kappa shape index (κ3) is 6.51. The molecule has 0 aliphatic carbocycles. The Morgan fingerprint density at radius 3 is 2.37 bits per heavy atom. The van der Waals surface area contributed by atoms with Gasteiger partial charge >= 0.3 is 18.2 Å². The third-order valence-corrected chi connectivity index (χ3v) is 7.05. The Balaban J connectivity index is 1.39. The van der Waals surface area contributed by atoms with Crippen molar-refractivity contribution in [1.82, 2.24) is 24.9 Å². The van der Waals surface area contributed by atoms with Gasteiger partial charge in [-0.3, -0.25) is 5.21 Å². The average Bonchev–Trinajstić information content (AvgIpc) is 3.37. The topological polar surface area (TPSA) is 129 Å². The Morgan fingerprint density at radius 1 is 1.08 bits per heavy atom. The van der Waals surface area contributed by atoms with Gasteiger partial charge in [-0.25, -0.2) is 19.4 Å². The molecule has 2 bridgehead atoms. The van der Waals surface area contributed by atoms with Crippen molar-refractivity contribution >= 4 is 18.2 Å². The van der Waals surface area contributed by atoms with E-state index in [4.69, 9.17) is 14.0 Å². The molecule has 3 fully saturated rings. The summed E-state index contributed by atoms with van der Waals surface area (Å²) in [5.41, 5.74) is -0.560. The first-order valence-electron chi connectivity index (χ1n) is 13.4. The fourth-order valence-corrected chi connectivity index (χ4v) is 5.22. The normalized spacial score (nSPS) is 22.6. The minimum Gasteiger partial charge on any atom is -0.444 e. The van der Waals surface area contributed by atoms with E-state index in [0.29, 0.717) is 69.7 Å². The standard InChI is InChI=1S/C26H41N5O7/c1-25(2,3)36-23(33)28-12-9-17(10-13-28)29(24(34)37-26(4,5)6)14-11-19-15-20(27-38-19)21-8-7-18-16-30(21)22(32)31(18)35/h15,17-18,21,35H,7-14,16H2,1-6H3/t18-,21-/m0/s1. The number of nitrogens with zero attached hydrogens (tertiary/aromatic N) is 5. The second kappa shape index (κ2) is 10.6. The second-order valence-electron chi connectivity index (χ2n) is 12.4. The number of likely N-dealkylation sites (tertiary alicyclic amines) is 1. The van der Waals surface area contributed by atoms with Crippen LogP contribution >= 0.6 is 0 Å². The fourth-order valence-electron chi connectivity index (χ4n) is 5.22. The maximum atomic E-state index is 13.2. The first kappa shape index (κ1) is 28.0. The zero-order valence-electron chi connectivity index (χ0n) is 23.3. The lowest BCUT2D eigenvalue weighted by atomic mass is 9.98. The van der Waals surface area contributed by atoms with Crippen LogP contribution in [0.3, 0.4) is 0 Å². The second-order valence-corrected chi connectivity index (χ2v) is 12.4. The smallest absolute Gasteiger partial charge is 0.410 e. The van der Waals surface area contributed by atoms with E-state index < -0.39 is 23.3 Å². The van der Waals surface area contributed by atoms with Crippen LogP contribution in [0.5, 0.6) is 0 Å². The van der Waals surface area contributed by atoms with E-state index in [-0.39, 0.29) is 24.2 Å². The Kier molecular flexibility index (Phi) is 7.83. The molecule has 1 aromatic rings. The lowest BCUT2D eigenvalue weighted by Crippen LogP contribution is -2.51. The molecule has 0 radical (unpaired) electrons. The number of urea groups is 1. The number of rotatable bonds is 5. The third-order valence-electron chi connectivity index (χ3n) is 7.05. The lowest BCUT2D eigenvalue weighted by molar-refractivity contribution is -0.0584. The first-order valence-corrected chi connectivity index (χ1v) is 13.4. The van der Waals surface area contributed by atoms with Gasteiger partial charge in [-0.2, -0.15) is 0 Å². The molecule has 12 nitrogen and oxygen atoms in total. The molecule has 1 N–H and O–H groups in total. The highest BCUT2D eigenvalue weighted by Crippen LogP contribution is 2.37. The summed E-state index contributed by atoms with van der Waals surface area (Å²) in [5, 5.41) is 15.0. The first-order chi connectivity index (χ1) is 17.7. The Hall–Kier alpha value is -3.02. The van der Waals surface area contributed by atoms with Crippen molar-refractivity contribution in [3.05, 3.63) is 17.5 Å². The van der Waals surface area contributed by atoms with Gasteiger partial charge in [0.2, 0.25) is 0 Å². The summed E-state index contributed by atoms with van der Waals surface area (Å²) in [6, 6.07) is 0.910. The number of hydrogen-bond donors (Lipinski definition) is 1. The number of carbonyl (C=O) groups excluding carboxylic acids is 3. The predicted octanol–water partition coefficient (Wildman–Crippen LogP) is 4.18. The highest BCUT2D eigenvalue weighted by Gasteiger charge is 2.45. The minimum atomic E-state index is -0.645. The number of fused-ring (bicyclic) bond motifs is 2. The van der Waals surface area contributed by atoms with Gasteiger partial charge in [-0.1, -0.05) is 5.16 Å². The van der Waals surface area contributed by atoms with Crippen LogP contribution in [0.4, 0.5) is 14.4 Å². The van der Waals surface area contributed by atoms with Crippen molar-refractivity contribution in [2.24, 2.45) is 0 Å². The largest absolute Gasteiger partial charge is 0.444 e. The number of ether oxygens (including phenoxy) is 2. The molecule has 2 atom stereocenters. The number of amides is 4. The van der Waals surface area contributed by atoms with Gasteiger partial charge in [0.1, 0.15) is 22.7 Å². The summed E-state index contributed by atoms with van der Waals surface area (Å²) < 4.78 is 16.8. The average molecular weight is 536 g/mol. The molecule has 12 heteroatoms. The van der Waals surface area contributed by atoms with Crippen LogP contribution in [0, 0.1) is 0 Å². The van der Waals surface area contributed by atoms with Crippen molar-refractivity contribution in [2.75, 3.05) is 26.2 Å². The highest BCUT2D eigenvalue weighted by molar-refractivity contribution is 5.76. The van der Waals surface area contributed by atoms with Crippen molar-refractivity contribution in [2.45, 2.75) is 103 Å². The highest BCUT2D eigenvalue weighted by atomic mass is 16.6. The van der Waals surface area contributed by atoms with Crippen LogP contribution in [0.15, 0.2) is 10.6 Å². The molecule has 1 aromatic heterocycles.